The molecular weight excluding hydrogens is 506 g/mol. The van der Waals surface area contributed by atoms with Gasteiger partial charge in [0.15, 0.2) is 5.43 Å². The number of carbonyl (C=O) groups is 1. The molecule has 0 saturated heterocycles. The van der Waals surface area contributed by atoms with Gasteiger partial charge in [-0.15, -0.1) is 0 Å². The van der Waals surface area contributed by atoms with Crippen molar-refractivity contribution < 1.29 is 13.9 Å². The number of anilines is 1. The zero-order valence-electron chi connectivity index (χ0n) is 17.7. The van der Waals surface area contributed by atoms with Gasteiger partial charge in [-0.2, -0.15) is 0 Å². The molecule has 1 aliphatic rings. The van der Waals surface area contributed by atoms with Gasteiger partial charge in [0.1, 0.15) is 11.3 Å². The fourth-order valence-electron chi connectivity index (χ4n) is 4.12. The molecule has 1 unspecified atom stereocenters. The predicted octanol–water partition coefficient (Wildman–Crippen LogP) is 6.75. The number of halogens is 2. The molecule has 0 radical (unpaired) electrons. The quantitative estimate of drug-likeness (QED) is 0.290. The topological polar surface area (TPSA) is 59.8 Å². The van der Waals surface area contributed by atoms with Crippen LogP contribution in [0.3, 0.4) is 0 Å². The molecule has 33 heavy (non-hydrogen) atoms. The van der Waals surface area contributed by atoms with E-state index in [-0.39, 0.29) is 17.1 Å². The summed E-state index contributed by atoms with van der Waals surface area (Å²) in [5, 5.41) is 0.769. The van der Waals surface area contributed by atoms with Crippen LogP contribution < -0.4 is 15.1 Å². The minimum atomic E-state index is -0.668. The second-order valence-corrected chi connectivity index (χ2v) is 9.14. The normalized spacial score (nSPS) is 15.2. The number of benzene rings is 3. The molecule has 2 heterocycles. The third-order valence-corrected chi connectivity index (χ3v) is 6.35. The van der Waals surface area contributed by atoms with Crippen LogP contribution >= 0.6 is 27.5 Å². The first kappa shape index (κ1) is 21.7. The minimum absolute atomic E-state index is 0.0441. The summed E-state index contributed by atoms with van der Waals surface area (Å²) in [6.07, 6.45) is 0.871. The summed E-state index contributed by atoms with van der Waals surface area (Å²) in [6, 6.07) is 19.0. The summed E-state index contributed by atoms with van der Waals surface area (Å²) >= 11 is 9.59. The van der Waals surface area contributed by atoms with Crippen LogP contribution in [-0.2, 0) is 0 Å². The van der Waals surface area contributed by atoms with Gasteiger partial charge in [-0.3, -0.25) is 14.5 Å². The van der Waals surface area contributed by atoms with Crippen molar-refractivity contribution in [2.24, 2.45) is 0 Å². The van der Waals surface area contributed by atoms with E-state index in [1.807, 2.05) is 55.5 Å². The van der Waals surface area contributed by atoms with Crippen LogP contribution in [0.15, 0.2) is 80.4 Å². The van der Waals surface area contributed by atoms with Gasteiger partial charge in [0.25, 0.3) is 5.91 Å². The monoisotopic (exact) mass is 523 g/mol. The van der Waals surface area contributed by atoms with E-state index in [1.165, 1.54) is 0 Å². The van der Waals surface area contributed by atoms with Gasteiger partial charge in [-0.05, 0) is 66.6 Å². The molecule has 1 aliphatic heterocycles. The average Bonchev–Trinajstić information content (AvgIpc) is 3.11. The van der Waals surface area contributed by atoms with E-state index in [2.05, 4.69) is 15.9 Å². The number of rotatable bonds is 5. The Balaban J connectivity index is 1.76. The first-order chi connectivity index (χ1) is 16.0. The molecule has 1 aromatic heterocycles. The molecule has 0 saturated carbocycles. The average molecular weight is 525 g/mol. The van der Waals surface area contributed by atoms with E-state index in [0.29, 0.717) is 39.6 Å². The zero-order valence-corrected chi connectivity index (χ0v) is 20.0. The summed E-state index contributed by atoms with van der Waals surface area (Å²) in [4.78, 5) is 28.9. The van der Waals surface area contributed by atoms with Gasteiger partial charge in [0.2, 0.25) is 5.76 Å². The highest BCUT2D eigenvalue weighted by Gasteiger charge is 2.43. The van der Waals surface area contributed by atoms with Crippen molar-refractivity contribution in [1.82, 2.24) is 0 Å². The number of carbonyl (C=O) groups excluding carboxylic acids is 1. The van der Waals surface area contributed by atoms with E-state index in [0.717, 1.165) is 16.5 Å². The Labute approximate surface area is 203 Å². The van der Waals surface area contributed by atoms with Crippen LogP contribution in [0.4, 0.5) is 5.69 Å². The molecule has 0 N–H and O–H groups in total. The lowest BCUT2D eigenvalue weighted by atomic mass is 9.98. The lowest BCUT2D eigenvalue weighted by Gasteiger charge is -2.25. The van der Waals surface area contributed by atoms with E-state index >= 15 is 0 Å². The molecule has 1 atom stereocenters. The highest BCUT2D eigenvalue weighted by atomic mass is 79.9. The number of ether oxygens (including phenoxy) is 1. The number of amides is 1. The van der Waals surface area contributed by atoms with Crippen molar-refractivity contribution in [2.75, 3.05) is 11.5 Å². The summed E-state index contributed by atoms with van der Waals surface area (Å²) in [5.41, 5.74) is 1.76. The second kappa shape index (κ2) is 8.69. The fourth-order valence-corrected chi connectivity index (χ4v) is 4.56. The minimum Gasteiger partial charge on any atom is -0.494 e. The molecule has 0 spiro atoms. The third kappa shape index (κ3) is 3.83. The van der Waals surface area contributed by atoms with Crippen molar-refractivity contribution in [3.8, 4) is 5.75 Å². The van der Waals surface area contributed by atoms with Gasteiger partial charge in [0, 0.05) is 15.2 Å². The third-order valence-electron chi connectivity index (χ3n) is 5.58. The SMILES string of the molecule is CCCOc1cccc(C2c3c(oc4ccc(Cl)cc4c3=O)C(=O)N2c2ccc(Br)cc2)c1. The van der Waals surface area contributed by atoms with Crippen molar-refractivity contribution >= 4 is 50.1 Å². The largest absolute Gasteiger partial charge is 0.494 e. The van der Waals surface area contributed by atoms with Crippen LogP contribution in [0.2, 0.25) is 5.02 Å². The Morgan fingerprint density at radius 3 is 2.61 bits per heavy atom. The summed E-state index contributed by atoms with van der Waals surface area (Å²) in [5.74, 6) is 0.355. The Morgan fingerprint density at radius 2 is 1.85 bits per heavy atom. The maximum atomic E-state index is 13.7. The van der Waals surface area contributed by atoms with Crippen molar-refractivity contribution in [1.29, 1.82) is 0 Å². The number of hydrogen-bond donors (Lipinski definition) is 0. The first-order valence-corrected chi connectivity index (χ1v) is 11.7. The molecule has 166 valence electrons. The van der Waals surface area contributed by atoms with Crippen LogP contribution in [-0.4, -0.2) is 12.5 Å². The number of nitrogens with zero attached hydrogens (tertiary/aromatic N) is 1. The number of hydrogen-bond acceptors (Lipinski definition) is 4. The second-order valence-electron chi connectivity index (χ2n) is 7.79. The van der Waals surface area contributed by atoms with Crippen LogP contribution in [0, 0.1) is 0 Å². The van der Waals surface area contributed by atoms with Crippen LogP contribution in [0.25, 0.3) is 11.0 Å². The standard InChI is InChI=1S/C26H19BrClNO4/c1-2-12-32-19-5-3-4-15(13-19)23-22-24(30)20-14-17(28)8-11-21(20)33-25(22)26(31)29(23)18-9-6-16(27)7-10-18/h3-11,13-14,23H,2,12H2,1H3. The molecule has 5 rings (SSSR count). The highest BCUT2D eigenvalue weighted by Crippen LogP contribution is 2.42. The van der Waals surface area contributed by atoms with Crippen molar-refractivity contribution in [3.05, 3.63) is 103 Å². The molecule has 1 amide bonds. The molecular formula is C26H19BrClNO4. The molecule has 0 aliphatic carbocycles. The number of fused-ring (bicyclic) bond motifs is 2. The lowest BCUT2D eigenvalue weighted by molar-refractivity contribution is 0.0971. The maximum absolute atomic E-state index is 13.7. The molecule has 5 nitrogen and oxygen atoms in total. The molecule has 0 bridgehead atoms. The Bertz CT molecular complexity index is 1430. The molecule has 7 heteroatoms. The highest BCUT2D eigenvalue weighted by molar-refractivity contribution is 9.10. The molecule has 3 aromatic carbocycles. The molecule has 4 aromatic rings. The molecule has 0 fully saturated rings. The van der Waals surface area contributed by atoms with Crippen molar-refractivity contribution in [2.45, 2.75) is 19.4 Å². The van der Waals surface area contributed by atoms with Crippen LogP contribution in [0.1, 0.15) is 41.1 Å². The Hall–Kier alpha value is -3.09. The van der Waals surface area contributed by atoms with E-state index < -0.39 is 6.04 Å². The Kier molecular flexibility index (Phi) is 5.72. The maximum Gasteiger partial charge on any atom is 0.295 e. The van der Waals surface area contributed by atoms with E-state index in [9.17, 15) is 9.59 Å². The van der Waals surface area contributed by atoms with Crippen LogP contribution in [0.5, 0.6) is 5.75 Å². The zero-order chi connectivity index (χ0) is 23.1. The van der Waals surface area contributed by atoms with Gasteiger partial charge in [-0.1, -0.05) is 46.6 Å². The van der Waals surface area contributed by atoms with E-state index in [4.69, 9.17) is 20.8 Å². The summed E-state index contributed by atoms with van der Waals surface area (Å²) in [6.45, 7) is 2.61. The summed E-state index contributed by atoms with van der Waals surface area (Å²) in [7, 11) is 0. The van der Waals surface area contributed by atoms with Gasteiger partial charge >= 0.3 is 0 Å². The Morgan fingerprint density at radius 1 is 1.06 bits per heavy atom. The van der Waals surface area contributed by atoms with Gasteiger partial charge in [0.05, 0.1) is 23.6 Å². The van der Waals surface area contributed by atoms with Gasteiger partial charge < -0.3 is 9.15 Å². The van der Waals surface area contributed by atoms with Gasteiger partial charge in [-0.25, -0.2) is 0 Å². The van der Waals surface area contributed by atoms with Crippen molar-refractivity contribution in [3.63, 3.8) is 0 Å². The first-order valence-electron chi connectivity index (χ1n) is 10.6. The summed E-state index contributed by atoms with van der Waals surface area (Å²) < 4.78 is 12.7. The van der Waals surface area contributed by atoms with E-state index in [1.54, 1.807) is 23.1 Å². The lowest BCUT2D eigenvalue weighted by Crippen LogP contribution is -2.29. The smallest absolute Gasteiger partial charge is 0.295 e. The predicted molar refractivity (Wildman–Crippen MR) is 133 cm³/mol. The fraction of sp³-hybridized carbons (Fsp3) is 0.154.